The summed E-state index contributed by atoms with van der Waals surface area (Å²) in [5.74, 6) is -0.577. The van der Waals surface area contributed by atoms with Gasteiger partial charge < -0.3 is 15.3 Å². The summed E-state index contributed by atoms with van der Waals surface area (Å²) in [6, 6.07) is 17.6. The zero-order valence-electron chi connectivity index (χ0n) is 17.8. The second-order valence-electron chi connectivity index (χ2n) is 8.25. The van der Waals surface area contributed by atoms with E-state index in [9.17, 15) is 19.1 Å². The zero-order valence-corrected chi connectivity index (χ0v) is 17.8. The van der Waals surface area contributed by atoms with Crippen LogP contribution in [0.4, 0.5) is 20.6 Å². The molecule has 3 aromatic rings. The van der Waals surface area contributed by atoms with E-state index in [1.165, 1.54) is 24.3 Å². The van der Waals surface area contributed by atoms with Gasteiger partial charge in [0.1, 0.15) is 5.82 Å². The standard InChI is InChI=1S/C25H23FN4O3/c26-16-8-10-17(11-9-16)28-25(33)29-14-21-24(19-6-1-2-7-20(19)29)22(15-31)30(21)23(32)13-18-5-3-4-12-27-18/h1-12,21-22,24,31H,13-15H2,(H,28,33)/t21-,22+,24+/m1/s1. The van der Waals surface area contributed by atoms with Gasteiger partial charge in [-0.15, -0.1) is 0 Å². The number of para-hydroxylation sites is 1. The third kappa shape index (κ3) is 3.82. The molecule has 0 aliphatic carbocycles. The molecule has 1 fully saturated rings. The molecule has 2 aliphatic heterocycles. The van der Waals surface area contributed by atoms with Crippen molar-refractivity contribution in [3.8, 4) is 0 Å². The lowest BCUT2D eigenvalue weighted by Gasteiger charge is -2.58. The summed E-state index contributed by atoms with van der Waals surface area (Å²) in [7, 11) is 0. The van der Waals surface area contributed by atoms with E-state index in [-0.39, 0.29) is 48.8 Å². The first kappa shape index (κ1) is 21.1. The number of nitrogens with one attached hydrogen (secondary N) is 1. The van der Waals surface area contributed by atoms with Crippen molar-refractivity contribution in [1.82, 2.24) is 9.88 Å². The molecule has 2 aliphatic rings. The van der Waals surface area contributed by atoms with E-state index < -0.39 is 0 Å². The number of hydrogen-bond donors (Lipinski definition) is 2. The number of rotatable bonds is 4. The number of carbonyl (C=O) groups excluding carboxylic acids is 2. The van der Waals surface area contributed by atoms with E-state index in [1.54, 1.807) is 28.1 Å². The lowest BCUT2D eigenvalue weighted by Crippen LogP contribution is -2.71. The molecule has 0 bridgehead atoms. The van der Waals surface area contributed by atoms with Crippen molar-refractivity contribution in [1.29, 1.82) is 0 Å². The van der Waals surface area contributed by atoms with Gasteiger partial charge in [0.05, 0.1) is 25.1 Å². The fourth-order valence-electron chi connectivity index (χ4n) is 4.90. The molecule has 7 nitrogen and oxygen atoms in total. The fraction of sp³-hybridized carbons (Fsp3) is 0.240. The van der Waals surface area contributed by atoms with Crippen LogP contribution in [-0.4, -0.2) is 52.2 Å². The van der Waals surface area contributed by atoms with Crippen molar-refractivity contribution in [2.24, 2.45) is 0 Å². The van der Waals surface area contributed by atoms with Gasteiger partial charge in [-0.1, -0.05) is 24.3 Å². The van der Waals surface area contributed by atoms with Crippen molar-refractivity contribution < 1.29 is 19.1 Å². The van der Waals surface area contributed by atoms with Crippen LogP contribution in [-0.2, 0) is 11.2 Å². The number of hydrogen-bond acceptors (Lipinski definition) is 4. The highest BCUT2D eigenvalue weighted by atomic mass is 19.1. The maximum atomic E-state index is 13.2. The Hall–Kier alpha value is -3.78. The molecule has 33 heavy (non-hydrogen) atoms. The molecule has 2 N–H and O–H groups in total. The van der Waals surface area contributed by atoms with Crippen LogP contribution in [0.5, 0.6) is 0 Å². The van der Waals surface area contributed by atoms with Crippen LogP contribution in [0.1, 0.15) is 17.2 Å². The molecule has 5 rings (SSSR count). The predicted molar refractivity (Wildman–Crippen MR) is 121 cm³/mol. The Morgan fingerprint density at radius 1 is 1.06 bits per heavy atom. The summed E-state index contributed by atoms with van der Waals surface area (Å²) < 4.78 is 13.2. The van der Waals surface area contributed by atoms with Gasteiger partial charge in [-0.25, -0.2) is 9.18 Å². The van der Waals surface area contributed by atoms with Gasteiger partial charge in [0.2, 0.25) is 5.91 Å². The summed E-state index contributed by atoms with van der Waals surface area (Å²) in [6.07, 6.45) is 1.77. The average Bonchev–Trinajstić information content (AvgIpc) is 2.81. The molecule has 8 heteroatoms. The van der Waals surface area contributed by atoms with E-state index in [2.05, 4.69) is 10.3 Å². The highest BCUT2D eigenvalue weighted by molar-refractivity contribution is 6.03. The molecule has 168 valence electrons. The highest BCUT2D eigenvalue weighted by Gasteiger charge is 2.55. The Morgan fingerprint density at radius 2 is 1.82 bits per heavy atom. The van der Waals surface area contributed by atoms with Crippen LogP contribution in [0.2, 0.25) is 0 Å². The van der Waals surface area contributed by atoms with Crippen LogP contribution >= 0.6 is 0 Å². The number of amides is 3. The van der Waals surface area contributed by atoms with Gasteiger partial charge in [-0.2, -0.15) is 0 Å². The molecule has 0 radical (unpaired) electrons. The molecular weight excluding hydrogens is 423 g/mol. The normalized spacial score (nSPS) is 21.0. The Kier molecular flexibility index (Phi) is 5.51. The van der Waals surface area contributed by atoms with Gasteiger partial charge in [-0.3, -0.25) is 14.7 Å². The number of urea groups is 1. The predicted octanol–water partition coefficient (Wildman–Crippen LogP) is 3.17. The van der Waals surface area contributed by atoms with Crippen molar-refractivity contribution in [3.63, 3.8) is 0 Å². The number of pyridine rings is 1. The number of fused-ring (bicyclic) bond motifs is 3. The second-order valence-corrected chi connectivity index (χ2v) is 8.25. The van der Waals surface area contributed by atoms with Crippen molar-refractivity contribution in [2.75, 3.05) is 23.4 Å². The number of aliphatic hydroxyl groups is 1. The molecule has 0 spiro atoms. The van der Waals surface area contributed by atoms with Gasteiger partial charge in [0.15, 0.2) is 0 Å². The molecule has 0 unspecified atom stereocenters. The smallest absolute Gasteiger partial charge is 0.326 e. The molecular formula is C25H23FN4O3. The van der Waals surface area contributed by atoms with Crippen LogP contribution in [0.25, 0.3) is 0 Å². The van der Waals surface area contributed by atoms with E-state index in [0.29, 0.717) is 17.9 Å². The molecule has 3 atom stereocenters. The number of halogens is 1. The number of carbonyl (C=O) groups is 2. The fourth-order valence-corrected chi connectivity index (χ4v) is 4.90. The SMILES string of the molecule is O=C(Nc1ccc(F)cc1)N1C[C@@H]2[C@H](c3ccccc31)[C@H](CO)N2C(=O)Cc1ccccn1. The number of likely N-dealkylation sites (tertiary alicyclic amines) is 1. The first-order valence-electron chi connectivity index (χ1n) is 10.8. The van der Waals surface area contributed by atoms with E-state index >= 15 is 0 Å². The number of benzene rings is 2. The van der Waals surface area contributed by atoms with Gasteiger partial charge in [-0.05, 0) is 48.0 Å². The summed E-state index contributed by atoms with van der Waals surface area (Å²) in [4.78, 5) is 33.8. The minimum Gasteiger partial charge on any atom is -0.394 e. The summed E-state index contributed by atoms with van der Waals surface area (Å²) in [6.45, 7) is 0.129. The Bertz CT molecular complexity index is 1170. The number of aliphatic hydroxyl groups excluding tert-OH is 1. The lowest BCUT2D eigenvalue weighted by molar-refractivity contribution is -0.149. The topological polar surface area (TPSA) is 85.8 Å². The van der Waals surface area contributed by atoms with Crippen molar-refractivity contribution in [2.45, 2.75) is 24.4 Å². The van der Waals surface area contributed by atoms with Gasteiger partial charge in [0.25, 0.3) is 0 Å². The van der Waals surface area contributed by atoms with Crippen LogP contribution < -0.4 is 10.2 Å². The summed E-state index contributed by atoms with van der Waals surface area (Å²) >= 11 is 0. The minimum absolute atomic E-state index is 0.0613. The van der Waals surface area contributed by atoms with Crippen molar-refractivity contribution in [3.05, 3.63) is 90.0 Å². The summed E-state index contributed by atoms with van der Waals surface area (Å²) in [5, 5.41) is 12.9. The van der Waals surface area contributed by atoms with Crippen LogP contribution in [0.3, 0.4) is 0 Å². The van der Waals surface area contributed by atoms with Crippen LogP contribution in [0.15, 0.2) is 72.9 Å². The Labute approximate surface area is 190 Å². The maximum Gasteiger partial charge on any atom is 0.326 e. The first-order valence-corrected chi connectivity index (χ1v) is 10.8. The van der Waals surface area contributed by atoms with Gasteiger partial charge >= 0.3 is 6.03 Å². The first-order chi connectivity index (χ1) is 16.1. The quantitative estimate of drug-likeness (QED) is 0.645. The van der Waals surface area contributed by atoms with Crippen LogP contribution in [0, 0.1) is 5.82 Å². The largest absolute Gasteiger partial charge is 0.394 e. The van der Waals surface area contributed by atoms with E-state index in [4.69, 9.17) is 0 Å². The van der Waals surface area contributed by atoms with Gasteiger partial charge in [0, 0.05) is 35.7 Å². The van der Waals surface area contributed by atoms with E-state index in [0.717, 1.165) is 11.3 Å². The molecule has 0 saturated carbocycles. The zero-order chi connectivity index (χ0) is 22.9. The molecule has 1 saturated heterocycles. The molecule has 3 amide bonds. The maximum absolute atomic E-state index is 13.2. The number of aromatic nitrogens is 1. The molecule has 2 aromatic carbocycles. The highest BCUT2D eigenvalue weighted by Crippen LogP contribution is 2.48. The number of anilines is 2. The van der Waals surface area contributed by atoms with Crippen molar-refractivity contribution >= 4 is 23.3 Å². The minimum atomic E-state index is -0.384. The summed E-state index contributed by atoms with van der Waals surface area (Å²) in [5.41, 5.74) is 2.80. The average molecular weight is 446 g/mol. The lowest BCUT2D eigenvalue weighted by atomic mass is 9.71. The monoisotopic (exact) mass is 446 g/mol. The second kappa shape index (κ2) is 8.63. The third-order valence-electron chi connectivity index (χ3n) is 6.37. The Morgan fingerprint density at radius 3 is 2.55 bits per heavy atom. The van der Waals surface area contributed by atoms with E-state index in [1.807, 2.05) is 30.3 Å². The number of nitrogens with zero attached hydrogens (tertiary/aromatic N) is 3. The Balaban J connectivity index is 1.42. The third-order valence-corrected chi connectivity index (χ3v) is 6.37. The molecule has 3 heterocycles. The molecule has 1 aromatic heterocycles.